The molecule has 152 valence electrons. The van der Waals surface area contributed by atoms with Crippen LogP contribution in [0.25, 0.3) is 10.9 Å². The zero-order valence-electron chi connectivity index (χ0n) is 16.4. The zero-order chi connectivity index (χ0) is 20.4. The number of likely N-dealkylation sites (tertiary alicyclic amines) is 1. The van der Waals surface area contributed by atoms with Crippen molar-refractivity contribution in [1.29, 1.82) is 0 Å². The minimum absolute atomic E-state index is 0.0125. The topological polar surface area (TPSA) is 100 Å². The number of hydrogen-bond acceptors (Lipinski definition) is 6. The number of ether oxygens (including phenoxy) is 1. The lowest BCUT2D eigenvalue weighted by Gasteiger charge is -2.16. The van der Waals surface area contributed by atoms with E-state index < -0.39 is 0 Å². The average molecular weight is 414 g/mol. The van der Waals surface area contributed by atoms with E-state index >= 15 is 0 Å². The number of fused-ring (bicyclic) bond motifs is 1. The minimum atomic E-state index is -0.373. The number of rotatable bonds is 7. The fraction of sp³-hybridized carbons (Fsp3) is 0.400. The van der Waals surface area contributed by atoms with Gasteiger partial charge in [0.15, 0.2) is 0 Å². The van der Waals surface area contributed by atoms with Gasteiger partial charge in [0.1, 0.15) is 11.6 Å². The lowest BCUT2D eigenvalue weighted by Crippen LogP contribution is -2.30. The van der Waals surface area contributed by atoms with Gasteiger partial charge in [-0.15, -0.1) is 10.2 Å². The molecule has 4 rings (SSSR count). The molecule has 2 aromatic heterocycles. The van der Waals surface area contributed by atoms with Crippen molar-refractivity contribution in [3.05, 3.63) is 40.5 Å². The van der Waals surface area contributed by atoms with Crippen LogP contribution in [0.5, 0.6) is 0 Å². The van der Waals surface area contributed by atoms with E-state index in [1.807, 2.05) is 6.20 Å². The first kappa shape index (κ1) is 19.5. The number of anilines is 1. The van der Waals surface area contributed by atoms with E-state index in [2.05, 4.69) is 45.6 Å². The first-order valence-electron chi connectivity index (χ1n) is 9.50. The Morgan fingerprint density at radius 1 is 1.41 bits per heavy atom. The Kier molecular flexibility index (Phi) is 5.59. The molecule has 2 N–H and O–H groups in total. The first-order valence-corrected chi connectivity index (χ1v) is 10.3. The van der Waals surface area contributed by atoms with Gasteiger partial charge in [-0.1, -0.05) is 23.0 Å². The molecule has 0 unspecified atom stereocenters. The summed E-state index contributed by atoms with van der Waals surface area (Å²) in [5, 5.41) is 13.0. The van der Waals surface area contributed by atoms with E-state index in [0.29, 0.717) is 29.8 Å². The smallest absolute Gasteiger partial charge is 0.231 e. The monoisotopic (exact) mass is 413 g/mol. The second kappa shape index (κ2) is 8.30. The SMILES string of the molecule is COCc1nnc(NC(=O)[C@H]2CC(=O)N(CCc3c[nH]c4ccc(C)cc34)C2)s1. The molecule has 9 heteroatoms. The second-order valence-electron chi connectivity index (χ2n) is 7.28. The molecule has 3 heterocycles. The maximum Gasteiger partial charge on any atom is 0.231 e. The maximum absolute atomic E-state index is 12.5. The molecule has 1 atom stereocenters. The van der Waals surface area contributed by atoms with Crippen LogP contribution < -0.4 is 5.32 Å². The number of hydrogen-bond donors (Lipinski definition) is 2. The highest BCUT2D eigenvalue weighted by molar-refractivity contribution is 7.15. The molecule has 8 nitrogen and oxygen atoms in total. The Morgan fingerprint density at radius 2 is 2.28 bits per heavy atom. The summed E-state index contributed by atoms with van der Waals surface area (Å²) in [6.45, 7) is 3.45. The van der Waals surface area contributed by atoms with Crippen molar-refractivity contribution < 1.29 is 14.3 Å². The van der Waals surface area contributed by atoms with Gasteiger partial charge in [-0.3, -0.25) is 9.59 Å². The normalized spacial score (nSPS) is 16.7. The van der Waals surface area contributed by atoms with E-state index in [9.17, 15) is 9.59 Å². The van der Waals surface area contributed by atoms with Crippen LogP contribution in [0.3, 0.4) is 0 Å². The molecule has 29 heavy (non-hydrogen) atoms. The van der Waals surface area contributed by atoms with Crippen molar-refractivity contribution in [2.45, 2.75) is 26.4 Å². The molecule has 0 spiro atoms. The summed E-state index contributed by atoms with van der Waals surface area (Å²) in [5.41, 5.74) is 3.49. The third-order valence-electron chi connectivity index (χ3n) is 5.12. The highest BCUT2D eigenvalue weighted by Crippen LogP contribution is 2.24. The van der Waals surface area contributed by atoms with Crippen molar-refractivity contribution in [2.24, 2.45) is 5.92 Å². The molecule has 0 saturated carbocycles. The van der Waals surface area contributed by atoms with Crippen molar-refractivity contribution in [2.75, 3.05) is 25.5 Å². The number of carbonyl (C=O) groups excluding carboxylic acids is 2. The summed E-state index contributed by atoms with van der Waals surface area (Å²) in [4.78, 5) is 30.0. The van der Waals surface area contributed by atoms with Crippen LogP contribution in [0.4, 0.5) is 5.13 Å². The number of amides is 2. The van der Waals surface area contributed by atoms with E-state index in [1.165, 1.54) is 27.8 Å². The van der Waals surface area contributed by atoms with Crippen molar-refractivity contribution in [1.82, 2.24) is 20.1 Å². The van der Waals surface area contributed by atoms with Gasteiger partial charge < -0.3 is 19.9 Å². The van der Waals surface area contributed by atoms with Crippen molar-refractivity contribution in [3.8, 4) is 0 Å². The highest BCUT2D eigenvalue weighted by atomic mass is 32.1. The van der Waals surface area contributed by atoms with Gasteiger partial charge in [-0.05, 0) is 31.0 Å². The van der Waals surface area contributed by atoms with Crippen LogP contribution >= 0.6 is 11.3 Å². The highest BCUT2D eigenvalue weighted by Gasteiger charge is 2.34. The van der Waals surface area contributed by atoms with Gasteiger partial charge in [0.05, 0.1) is 5.92 Å². The number of H-pyrrole nitrogens is 1. The molecule has 0 bridgehead atoms. The summed E-state index contributed by atoms with van der Waals surface area (Å²) in [6, 6.07) is 6.30. The third-order valence-corrected chi connectivity index (χ3v) is 5.94. The van der Waals surface area contributed by atoms with Crippen LogP contribution in [0.1, 0.15) is 22.6 Å². The largest absolute Gasteiger partial charge is 0.377 e. The number of aryl methyl sites for hydroxylation is 1. The standard InChI is InChI=1S/C20H23N5O3S/c1-12-3-4-16-15(7-12)13(9-21-16)5-6-25-10-14(8-18(25)26)19(27)22-20-24-23-17(29-20)11-28-2/h3-4,7,9,14,21H,5-6,8,10-11H2,1-2H3,(H,22,24,27)/t14-/m0/s1. The van der Waals surface area contributed by atoms with Gasteiger partial charge in [-0.2, -0.15) is 0 Å². The van der Waals surface area contributed by atoms with E-state index in [-0.39, 0.29) is 24.2 Å². The molecule has 1 aliphatic heterocycles. The molecule has 1 aromatic carbocycles. The summed E-state index contributed by atoms with van der Waals surface area (Å²) in [7, 11) is 1.58. The molecule has 3 aromatic rings. The van der Waals surface area contributed by atoms with Gasteiger partial charge in [0.25, 0.3) is 0 Å². The van der Waals surface area contributed by atoms with Gasteiger partial charge in [-0.25, -0.2) is 0 Å². The summed E-state index contributed by atoms with van der Waals surface area (Å²) < 4.78 is 5.01. The number of aromatic amines is 1. The van der Waals surface area contributed by atoms with Crippen LogP contribution in [-0.4, -0.2) is 52.1 Å². The van der Waals surface area contributed by atoms with Crippen molar-refractivity contribution in [3.63, 3.8) is 0 Å². The Balaban J connectivity index is 1.34. The van der Waals surface area contributed by atoms with Crippen LogP contribution in [0.2, 0.25) is 0 Å². The van der Waals surface area contributed by atoms with Crippen molar-refractivity contribution >= 4 is 39.2 Å². The van der Waals surface area contributed by atoms with Gasteiger partial charge in [0.2, 0.25) is 16.9 Å². The fourth-order valence-corrected chi connectivity index (χ4v) is 4.33. The quantitative estimate of drug-likeness (QED) is 0.620. The summed E-state index contributed by atoms with van der Waals surface area (Å²) in [6.07, 6.45) is 2.98. The summed E-state index contributed by atoms with van der Waals surface area (Å²) in [5.74, 6) is -0.551. The number of methoxy groups -OCH3 is 1. The number of aromatic nitrogens is 3. The van der Waals surface area contributed by atoms with Crippen LogP contribution in [0, 0.1) is 12.8 Å². The number of nitrogens with one attached hydrogen (secondary N) is 2. The average Bonchev–Trinajstić information content (AvgIpc) is 3.39. The summed E-state index contributed by atoms with van der Waals surface area (Å²) >= 11 is 1.28. The molecule has 2 amide bonds. The lowest BCUT2D eigenvalue weighted by atomic mass is 10.1. The Bertz CT molecular complexity index is 1040. The van der Waals surface area contributed by atoms with Crippen LogP contribution in [-0.2, 0) is 27.4 Å². The number of benzene rings is 1. The van der Waals surface area contributed by atoms with E-state index in [0.717, 1.165) is 11.9 Å². The van der Waals surface area contributed by atoms with E-state index in [1.54, 1.807) is 12.0 Å². The predicted molar refractivity (Wildman–Crippen MR) is 111 cm³/mol. The zero-order valence-corrected chi connectivity index (χ0v) is 17.2. The Morgan fingerprint density at radius 3 is 3.10 bits per heavy atom. The molecule has 1 saturated heterocycles. The third kappa shape index (κ3) is 4.30. The molecule has 1 fully saturated rings. The molecule has 1 aliphatic rings. The molecular formula is C20H23N5O3S. The molecular weight excluding hydrogens is 390 g/mol. The minimum Gasteiger partial charge on any atom is -0.377 e. The maximum atomic E-state index is 12.5. The van der Waals surface area contributed by atoms with Crippen LogP contribution in [0.15, 0.2) is 24.4 Å². The fourth-order valence-electron chi connectivity index (χ4n) is 3.61. The van der Waals surface area contributed by atoms with E-state index in [4.69, 9.17) is 4.74 Å². The lowest BCUT2D eigenvalue weighted by molar-refractivity contribution is -0.128. The predicted octanol–water partition coefficient (Wildman–Crippen LogP) is 2.50. The second-order valence-corrected chi connectivity index (χ2v) is 8.34. The Labute approximate surface area is 172 Å². The molecule has 0 aliphatic carbocycles. The Hall–Kier alpha value is -2.78. The molecule has 0 radical (unpaired) electrons. The van der Waals surface area contributed by atoms with Gasteiger partial charge in [0, 0.05) is 43.7 Å². The van der Waals surface area contributed by atoms with Gasteiger partial charge >= 0.3 is 0 Å². The first-order chi connectivity index (χ1) is 14.0. The number of carbonyl (C=O) groups is 2. The number of nitrogens with zero attached hydrogens (tertiary/aromatic N) is 3.